The number of benzene rings is 2. The number of fused-ring (bicyclic) bond motifs is 1. The van der Waals surface area contributed by atoms with Crippen molar-refractivity contribution < 1.29 is 14.6 Å². The summed E-state index contributed by atoms with van der Waals surface area (Å²) >= 11 is 0. The highest BCUT2D eigenvalue weighted by molar-refractivity contribution is 5.79. The van der Waals surface area contributed by atoms with Gasteiger partial charge in [0.25, 0.3) is 0 Å². The quantitative estimate of drug-likeness (QED) is 0.704. The monoisotopic (exact) mass is 367 g/mol. The molecule has 4 nitrogen and oxygen atoms in total. The molecule has 0 aromatic heterocycles. The molecule has 0 heterocycles. The summed E-state index contributed by atoms with van der Waals surface area (Å²) in [5, 5.41) is 12.4. The maximum atomic E-state index is 12.8. The first-order valence-electron chi connectivity index (χ1n) is 9.68. The first kappa shape index (κ1) is 19.6. The molecule has 1 aliphatic rings. The lowest BCUT2D eigenvalue weighted by Crippen LogP contribution is -2.50. The smallest absolute Gasteiger partial charge is 0.225 e. The summed E-state index contributed by atoms with van der Waals surface area (Å²) in [6.07, 6.45) is 2.87. The number of carbonyl (C=O) groups is 1. The van der Waals surface area contributed by atoms with Gasteiger partial charge >= 0.3 is 0 Å². The molecule has 0 spiro atoms. The van der Waals surface area contributed by atoms with Crippen molar-refractivity contribution in [2.75, 3.05) is 6.61 Å². The van der Waals surface area contributed by atoms with Gasteiger partial charge in [-0.1, -0.05) is 54.6 Å². The van der Waals surface area contributed by atoms with Crippen molar-refractivity contribution in [3.8, 4) is 0 Å². The van der Waals surface area contributed by atoms with Gasteiger partial charge in [-0.3, -0.25) is 4.79 Å². The molecule has 1 amide bonds. The van der Waals surface area contributed by atoms with Crippen LogP contribution >= 0.6 is 0 Å². The van der Waals surface area contributed by atoms with Gasteiger partial charge in [0.2, 0.25) is 5.91 Å². The van der Waals surface area contributed by atoms with E-state index in [1.165, 1.54) is 11.1 Å². The molecule has 0 bridgehead atoms. The van der Waals surface area contributed by atoms with Crippen molar-refractivity contribution >= 4 is 5.91 Å². The molecule has 1 atom stereocenters. The molecule has 0 aliphatic heterocycles. The lowest BCUT2D eigenvalue weighted by molar-refractivity contribution is -0.140. The molecule has 2 aromatic carbocycles. The lowest BCUT2D eigenvalue weighted by Gasteiger charge is -2.32. The van der Waals surface area contributed by atoms with E-state index in [1.807, 2.05) is 44.2 Å². The van der Waals surface area contributed by atoms with Crippen molar-refractivity contribution in [1.29, 1.82) is 0 Å². The highest BCUT2D eigenvalue weighted by Crippen LogP contribution is 2.26. The van der Waals surface area contributed by atoms with E-state index < -0.39 is 5.72 Å². The molecule has 27 heavy (non-hydrogen) atoms. The second-order valence-corrected chi connectivity index (χ2v) is 7.82. The summed E-state index contributed by atoms with van der Waals surface area (Å²) in [4.78, 5) is 12.8. The Bertz CT molecular complexity index is 732. The van der Waals surface area contributed by atoms with Crippen LogP contribution in [0.15, 0.2) is 54.6 Å². The number of ether oxygens (including phenoxy) is 1. The Hall–Kier alpha value is -2.17. The average molecular weight is 367 g/mol. The van der Waals surface area contributed by atoms with Gasteiger partial charge in [0.05, 0.1) is 6.10 Å². The van der Waals surface area contributed by atoms with Gasteiger partial charge < -0.3 is 15.2 Å². The standard InChI is InChI=1S/C23H29NO3/c1-23(2,27-21-15-18-10-6-7-11-19(18)16-21)24-22(26)20(12-13-25)14-17-8-4-3-5-9-17/h3-11,20-21,25H,12-16H2,1-2H3,(H,24,26)/t20-/m0/s1. The molecule has 3 rings (SSSR count). The molecule has 0 radical (unpaired) electrons. The third-order valence-corrected chi connectivity index (χ3v) is 5.07. The second-order valence-electron chi connectivity index (χ2n) is 7.82. The zero-order valence-electron chi connectivity index (χ0n) is 16.2. The topological polar surface area (TPSA) is 58.6 Å². The Labute approximate surface area is 161 Å². The minimum atomic E-state index is -0.756. The number of hydrogen-bond donors (Lipinski definition) is 2. The molecule has 0 saturated carbocycles. The number of amides is 1. The third-order valence-electron chi connectivity index (χ3n) is 5.07. The molecule has 0 saturated heterocycles. The van der Waals surface area contributed by atoms with Crippen LogP contribution in [0.2, 0.25) is 0 Å². The van der Waals surface area contributed by atoms with Crippen molar-refractivity contribution in [2.45, 2.75) is 51.4 Å². The molecule has 1 aliphatic carbocycles. The molecule has 144 valence electrons. The van der Waals surface area contributed by atoms with Gasteiger partial charge in [0, 0.05) is 12.5 Å². The third kappa shape index (κ3) is 5.41. The van der Waals surface area contributed by atoms with Crippen LogP contribution in [0, 0.1) is 5.92 Å². The van der Waals surface area contributed by atoms with E-state index in [4.69, 9.17) is 4.74 Å². The summed E-state index contributed by atoms with van der Waals surface area (Å²) in [6.45, 7) is 3.78. The number of rotatable bonds is 8. The van der Waals surface area contributed by atoms with Crippen molar-refractivity contribution in [2.24, 2.45) is 5.92 Å². The Kier molecular flexibility index (Phi) is 6.30. The van der Waals surface area contributed by atoms with E-state index in [-0.39, 0.29) is 24.5 Å². The highest BCUT2D eigenvalue weighted by Gasteiger charge is 2.31. The summed E-state index contributed by atoms with van der Waals surface area (Å²) < 4.78 is 6.24. The molecular formula is C23H29NO3. The Morgan fingerprint density at radius 3 is 2.30 bits per heavy atom. The van der Waals surface area contributed by atoms with Crippen LogP contribution in [-0.2, 0) is 28.8 Å². The molecule has 0 fully saturated rings. The van der Waals surface area contributed by atoms with Crippen molar-refractivity contribution in [3.05, 3.63) is 71.3 Å². The van der Waals surface area contributed by atoms with E-state index in [1.54, 1.807) is 0 Å². The van der Waals surface area contributed by atoms with Crippen LogP contribution in [0.1, 0.15) is 37.0 Å². The number of nitrogens with one attached hydrogen (secondary N) is 1. The molecule has 2 aromatic rings. The second kappa shape index (κ2) is 8.68. The Morgan fingerprint density at radius 1 is 1.11 bits per heavy atom. The first-order chi connectivity index (χ1) is 13.0. The summed E-state index contributed by atoms with van der Waals surface area (Å²) in [5.74, 6) is -0.352. The predicted octanol–water partition coefficient (Wildman–Crippen LogP) is 3.26. The van der Waals surface area contributed by atoms with Crippen LogP contribution in [0.3, 0.4) is 0 Å². The average Bonchev–Trinajstić information content (AvgIpc) is 3.03. The number of aliphatic hydroxyl groups excluding tert-OH is 1. The minimum Gasteiger partial charge on any atom is -0.396 e. The van der Waals surface area contributed by atoms with Gasteiger partial charge in [-0.15, -0.1) is 0 Å². The van der Waals surface area contributed by atoms with Gasteiger partial charge in [-0.25, -0.2) is 0 Å². The number of hydrogen-bond acceptors (Lipinski definition) is 3. The highest BCUT2D eigenvalue weighted by atomic mass is 16.5. The van der Waals surface area contributed by atoms with E-state index in [0.29, 0.717) is 12.8 Å². The fraction of sp³-hybridized carbons (Fsp3) is 0.435. The van der Waals surface area contributed by atoms with E-state index in [9.17, 15) is 9.90 Å². The largest absolute Gasteiger partial charge is 0.396 e. The fourth-order valence-electron chi connectivity index (χ4n) is 3.83. The Balaban J connectivity index is 1.58. The van der Waals surface area contributed by atoms with Gasteiger partial charge in [0.15, 0.2) is 0 Å². The molecular weight excluding hydrogens is 338 g/mol. The van der Waals surface area contributed by atoms with Crippen molar-refractivity contribution in [3.63, 3.8) is 0 Å². The minimum absolute atomic E-state index is 0.00978. The fourth-order valence-corrected chi connectivity index (χ4v) is 3.83. The summed E-state index contributed by atoms with van der Waals surface area (Å²) in [7, 11) is 0. The van der Waals surface area contributed by atoms with Crippen LogP contribution in [0.25, 0.3) is 0 Å². The summed E-state index contributed by atoms with van der Waals surface area (Å²) in [5.41, 5.74) is 2.99. The van der Waals surface area contributed by atoms with Crippen LogP contribution in [0.4, 0.5) is 0 Å². The van der Waals surface area contributed by atoms with E-state index in [0.717, 1.165) is 18.4 Å². The maximum Gasteiger partial charge on any atom is 0.225 e. The van der Waals surface area contributed by atoms with E-state index >= 15 is 0 Å². The van der Waals surface area contributed by atoms with Crippen molar-refractivity contribution in [1.82, 2.24) is 5.32 Å². The van der Waals surface area contributed by atoms with Crippen LogP contribution in [0.5, 0.6) is 0 Å². The first-order valence-corrected chi connectivity index (χ1v) is 9.68. The van der Waals surface area contributed by atoms with Gasteiger partial charge in [-0.05, 0) is 56.2 Å². The molecule has 0 unspecified atom stereocenters. The normalized spacial score (nSPS) is 15.4. The SMILES string of the molecule is CC(C)(NC(=O)[C@@H](CCO)Cc1ccccc1)OC1Cc2ccccc2C1. The zero-order chi connectivity index (χ0) is 19.3. The molecule has 2 N–H and O–H groups in total. The van der Waals surface area contributed by atoms with Crippen LogP contribution < -0.4 is 5.32 Å². The van der Waals surface area contributed by atoms with E-state index in [2.05, 4.69) is 29.6 Å². The predicted molar refractivity (Wildman–Crippen MR) is 106 cm³/mol. The Morgan fingerprint density at radius 2 is 1.70 bits per heavy atom. The zero-order valence-corrected chi connectivity index (χ0v) is 16.2. The number of carbonyl (C=O) groups excluding carboxylic acids is 1. The van der Waals surface area contributed by atoms with Crippen LogP contribution in [-0.4, -0.2) is 29.4 Å². The van der Waals surface area contributed by atoms with Gasteiger partial charge in [0.1, 0.15) is 5.72 Å². The molecule has 4 heteroatoms. The van der Waals surface area contributed by atoms with Gasteiger partial charge in [-0.2, -0.15) is 0 Å². The number of aliphatic hydroxyl groups is 1. The maximum absolute atomic E-state index is 12.8. The lowest BCUT2D eigenvalue weighted by atomic mass is 9.95. The summed E-state index contributed by atoms with van der Waals surface area (Å²) in [6, 6.07) is 18.3.